The van der Waals surface area contributed by atoms with Gasteiger partial charge in [0.2, 0.25) is 5.91 Å². The molecule has 0 aromatic rings. The van der Waals surface area contributed by atoms with Crippen molar-refractivity contribution in [3.05, 3.63) is 85.1 Å². The fourth-order valence-electron chi connectivity index (χ4n) is 11.0. The third-order valence-electron chi connectivity index (χ3n) is 16.6. The highest BCUT2D eigenvalue weighted by Gasteiger charge is 2.47. The van der Waals surface area contributed by atoms with Crippen LogP contribution in [-0.2, 0) is 23.8 Å². The number of allylic oxidation sites excluding steroid dienone is 12. The predicted molar refractivity (Wildman–Crippen MR) is 361 cm³/mol. The van der Waals surface area contributed by atoms with Crippen LogP contribution in [0.3, 0.4) is 0 Å². The highest BCUT2D eigenvalue weighted by molar-refractivity contribution is 5.81. The van der Waals surface area contributed by atoms with E-state index in [2.05, 4.69) is 80.8 Å². The van der Waals surface area contributed by atoms with Crippen molar-refractivity contribution >= 4 is 11.9 Å². The molecule has 6 N–H and O–H groups in total. The van der Waals surface area contributed by atoms with Gasteiger partial charge in [-0.2, -0.15) is 0 Å². The molecule has 1 saturated heterocycles. The molecule has 1 heterocycles. The zero-order chi connectivity index (χ0) is 62.4. The van der Waals surface area contributed by atoms with Crippen molar-refractivity contribution in [3.8, 4) is 0 Å². The van der Waals surface area contributed by atoms with Crippen molar-refractivity contribution in [1.82, 2.24) is 5.32 Å². The van der Waals surface area contributed by atoms with E-state index in [9.17, 15) is 35.1 Å². The molecule has 0 radical (unpaired) electrons. The molecule has 0 aliphatic carbocycles. The van der Waals surface area contributed by atoms with E-state index in [1.807, 2.05) is 18.2 Å². The zero-order valence-electron chi connectivity index (χ0n) is 55.4. The number of rotatable bonds is 61. The average Bonchev–Trinajstić information content (AvgIpc) is 3.59. The second-order valence-electron chi connectivity index (χ2n) is 24.6. The third kappa shape index (κ3) is 48.7. The largest absolute Gasteiger partial charge is 0.454 e. The van der Waals surface area contributed by atoms with E-state index in [-0.39, 0.29) is 19.4 Å². The molecule has 498 valence electrons. The molecule has 8 atom stereocenters. The fourth-order valence-corrected chi connectivity index (χ4v) is 11.0. The Morgan fingerprint density at radius 1 is 0.465 bits per heavy atom. The maximum atomic E-state index is 13.4. The van der Waals surface area contributed by atoms with E-state index in [0.29, 0.717) is 12.8 Å². The molecule has 0 saturated carbocycles. The van der Waals surface area contributed by atoms with Crippen molar-refractivity contribution in [3.63, 3.8) is 0 Å². The standard InChI is InChI=1S/C75H133NO10/c1-4-7-10-13-16-19-22-25-27-29-31-32-33-34-35-36-37-38-39-41-43-45-48-51-54-57-60-63-70(80)86-73-72(82)71(81)69(64-77)85-75(73)84-65-66(67(78)61-58-55-52-49-46-24-21-18-15-12-9-6-3)76-74(83)68(79)62-59-56-53-50-47-44-42-40-30-28-26-23-20-17-14-11-8-5-2/h8,11,17,20,26,28,40,42,47,50,56,58-59,61,66-69,71-73,75,77-79,81-82H,4-7,9-10,12-16,18-19,21-25,27,29-39,41,43-46,48-49,51-55,57,60,62-65H2,1-3H3,(H,76,83)/b11-8-,20-17-,28-26-,42-40-,50-47-,59-56-,61-58+. The van der Waals surface area contributed by atoms with Crippen LogP contribution in [0.25, 0.3) is 0 Å². The zero-order valence-corrected chi connectivity index (χ0v) is 55.4. The first-order chi connectivity index (χ1) is 42.2. The van der Waals surface area contributed by atoms with Crippen LogP contribution >= 0.6 is 0 Å². The summed E-state index contributed by atoms with van der Waals surface area (Å²) in [7, 11) is 0. The summed E-state index contributed by atoms with van der Waals surface area (Å²) in [6.45, 7) is 5.66. The molecule has 0 aromatic heterocycles. The molecule has 0 bridgehead atoms. The number of esters is 1. The van der Waals surface area contributed by atoms with Crippen LogP contribution in [0.15, 0.2) is 85.1 Å². The summed E-state index contributed by atoms with van der Waals surface area (Å²) in [6, 6.07) is -1.07. The first kappa shape index (κ1) is 80.9. The number of unbranched alkanes of at least 4 members (excludes halogenated alkanes) is 36. The number of aliphatic hydroxyl groups is 5. The first-order valence-electron chi connectivity index (χ1n) is 35.9. The van der Waals surface area contributed by atoms with Gasteiger partial charge in [0, 0.05) is 12.8 Å². The summed E-state index contributed by atoms with van der Waals surface area (Å²) in [5, 5.41) is 57.1. The van der Waals surface area contributed by atoms with Gasteiger partial charge in [-0.1, -0.05) is 331 Å². The minimum Gasteiger partial charge on any atom is -0.454 e. The molecule has 0 aromatic carbocycles. The summed E-state index contributed by atoms with van der Waals surface area (Å²) in [4.78, 5) is 26.6. The van der Waals surface area contributed by atoms with Crippen molar-refractivity contribution < 1.29 is 49.3 Å². The SMILES string of the molecule is CC/C=C\C/C=C\C/C=C\C/C=C\C/C=C\C/C=C\CC(O)C(=O)NC(COC1OC(CO)C(O)C(O)C1OC(=O)CCCCCCCCCCCCCCCCCCCCCCCCCCCCC)C(O)/C=C/CCCCCCCCCCCC. The van der Waals surface area contributed by atoms with Gasteiger partial charge in [0.25, 0.3) is 0 Å². The number of carbonyl (C=O) groups is 2. The summed E-state index contributed by atoms with van der Waals surface area (Å²) in [5.74, 6) is -1.28. The molecule has 1 amide bonds. The van der Waals surface area contributed by atoms with Crippen LogP contribution in [0.4, 0.5) is 0 Å². The lowest BCUT2D eigenvalue weighted by molar-refractivity contribution is -0.305. The van der Waals surface area contributed by atoms with Crippen molar-refractivity contribution in [2.24, 2.45) is 0 Å². The second-order valence-corrected chi connectivity index (χ2v) is 24.6. The molecular formula is C75H133NO10. The maximum absolute atomic E-state index is 13.4. The van der Waals surface area contributed by atoms with Crippen LogP contribution in [0.2, 0.25) is 0 Å². The molecule has 1 rings (SSSR count). The Hall–Kier alpha value is -3.16. The Bertz CT molecular complexity index is 1720. The van der Waals surface area contributed by atoms with Gasteiger partial charge in [-0.15, -0.1) is 0 Å². The normalized spacial score (nSPS) is 18.8. The second kappa shape index (κ2) is 62.1. The minimum atomic E-state index is -1.63. The van der Waals surface area contributed by atoms with Crippen molar-refractivity contribution in [1.29, 1.82) is 0 Å². The van der Waals surface area contributed by atoms with Gasteiger partial charge in [-0.25, -0.2) is 0 Å². The molecule has 11 heteroatoms. The molecule has 86 heavy (non-hydrogen) atoms. The first-order valence-corrected chi connectivity index (χ1v) is 35.9. The Kier molecular flexibility index (Phi) is 58.3. The number of carbonyl (C=O) groups excluding carboxylic acids is 2. The van der Waals surface area contributed by atoms with E-state index >= 15 is 0 Å². The summed E-state index contributed by atoms with van der Waals surface area (Å²) in [5.41, 5.74) is 0. The van der Waals surface area contributed by atoms with Crippen molar-refractivity contribution in [2.75, 3.05) is 13.2 Å². The van der Waals surface area contributed by atoms with Gasteiger partial charge in [-0.05, 0) is 57.8 Å². The average molecular weight is 1210 g/mol. The number of ether oxygens (including phenoxy) is 3. The number of aliphatic hydroxyl groups excluding tert-OH is 5. The Labute approximate surface area is 527 Å². The maximum Gasteiger partial charge on any atom is 0.306 e. The highest BCUT2D eigenvalue weighted by atomic mass is 16.7. The number of nitrogens with one attached hydrogen (secondary N) is 1. The summed E-state index contributed by atoms with van der Waals surface area (Å²) < 4.78 is 17.7. The highest BCUT2D eigenvalue weighted by Crippen LogP contribution is 2.26. The molecule has 8 unspecified atom stereocenters. The molecule has 1 aliphatic heterocycles. The smallest absolute Gasteiger partial charge is 0.306 e. The van der Waals surface area contributed by atoms with Gasteiger partial charge in [-0.3, -0.25) is 9.59 Å². The molecule has 0 spiro atoms. The molecule has 11 nitrogen and oxygen atoms in total. The van der Waals surface area contributed by atoms with E-state index in [4.69, 9.17) is 14.2 Å². The van der Waals surface area contributed by atoms with E-state index in [0.717, 1.165) is 77.0 Å². The molecule has 1 fully saturated rings. The minimum absolute atomic E-state index is 0.0561. The Morgan fingerprint density at radius 2 is 0.826 bits per heavy atom. The Balaban J connectivity index is 2.57. The van der Waals surface area contributed by atoms with Crippen LogP contribution in [0, 0.1) is 0 Å². The van der Waals surface area contributed by atoms with E-state index in [1.54, 1.807) is 12.2 Å². The number of amides is 1. The fraction of sp³-hybridized carbons (Fsp3) is 0.787. The lowest BCUT2D eigenvalue weighted by atomic mass is 9.99. The topological polar surface area (TPSA) is 175 Å². The van der Waals surface area contributed by atoms with Gasteiger partial charge >= 0.3 is 5.97 Å². The quantitative estimate of drug-likeness (QED) is 0.0195. The van der Waals surface area contributed by atoms with Gasteiger partial charge < -0.3 is 45.1 Å². The van der Waals surface area contributed by atoms with Gasteiger partial charge in [0.1, 0.15) is 24.4 Å². The van der Waals surface area contributed by atoms with Crippen LogP contribution < -0.4 is 5.32 Å². The van der Waals surface area contributed by atoms with E-state index < -0.39 is 67.4 Å². The van der Waals surface area contributed by atoms with Crippen LogP contribution in [0.5, 0.6) is 0 Å². The summed E-state index contributed by atoms with van der Waals surface area (Å²) in [6.07, 6.45) is 72.3. The lowest BCUT2D eigenvalue weighted by Crippen LogP contribution is -2.61. The molecule has 1 aliphatic rings. The predicted octanol–water partition coefficient (Wildman–Crippen LogP) is 18.5. The third-order valence-corrected chi connectivity index (χ3v) is 16.6. The van der Waals surface area contributed by atoms with Gasteiger partial charge in [0.15, 0.2) is 12.4 Å². The summed E-state index contributed by atoms with van der Waals surface area (Å²) >= 11 is 0. The van der Waals surface area contributed by atoms with Crippen molar-refractivity contribution in [2.45, 2.75) is 365 Å². The number of hydrogen-bond acceptors (Lipinski definition) is 10. The Morgan fingerprint density at radius 3 is 1.21 bits per heavy atom. The van der Waals surface area contributed by atoms with Crippen LogP contribution in [0.1, 0.15) is 316 Å². The lowest BCUT2D eigenvalue weighted by Gasteiger charge is -2.41. The molecular weight excluding hydrogens is 1070 g/mol. The van der Waals surface area contributed by atoms with E-state index in [1.165, 1.54) is 193 Å². The van der Waals surface area contributed by atoms with Crippen LogP contribution in [-0.4, -0.2) is 99.6 Å². The number of hydrogen-bond donors (Lipinski definition) is 6. The van der Waals surface area contributed by atoms with Gasteiger partial charge in [0.05, 0.1) is 25.4 Å². The monoisotopic (exact) mass is 1210 g/mol.